The number of aliphatic hydroxyl groups is 1. The van der Waals surface area contributed by atoms with Crippen molar-refractivity contribution in [1.82, 2.24) is 0 Å². The second kappa shape index (κ2) is 4.29. The van der Waals surface area contributed by atoms with Gasteiger partial charge in [0, 0.05) is 5.56 Å². The average molecular weight is 192 g/mol. The Morgan fingerprint density at radius 1 is 1.36 bits per heavy atom. The van der Waals surface area contributed by atoms with Gasteiger partial charge in [0.1, 0.15) is 5.75 Å². The molecule has 0 heterocycles. The van der Waals surface area contributed by atoms with Crippen LogP contribution in [0.1, 0.15) is 25.8 Å². The zero-order valence-corrected chi connectivity index (χ0v) is 8.57. The predicted molar refractivity (Wildman–Crippen MR) is 57.1 cm³/mol. The maximum Gasteiger partial charge on any atom is 0.121 e. The molecule has 1 aromatic carbocycles. The molecule has 1 aromatic rings. The number of benzene rings is 1. The molecule has 0 spiro atoms. The Kier molecular flexibility index (Phi) is 3.31. The molecule has 0 aliphatic rings. The Bertz CT molecular complexity index is 327. The molecule has 2 heteroatoms. The summed E-state index contributed by atoms with van der Waals surface area (Å²) in [7, 11) is 0. The zero-order valence-electron chi connectivity index (χ0n) is 8.57. The molecule has 0 bridgehead atoms. The fourth-order valence-corrected chi connectivity index (χ4v) is 1.39. The van der Waals surface area contributed by atoms with E-state index < -0.39 is 5.60 Å². The van der Waals surface area contributed by atoms with Crippen LogP contribution < -0.4 is 0 Å². The summed E-state index contributed by atoms with van der Waals surface area (Å²) in [5, 5.41) is 19.6. The van der Waals surface area contributed by atoms with Gasteiger partial charge in [0.25, 0.3) is 0 Å². The van der Waals surface area contributed by atoms with Gasteiger partial charge in [-0.2, -0.15) is 0 Å². The first-order valence-electron chi connectivity index (χ1n) is 4.70. The third-order valence-corrected chi connectivity index (χ3v) is 2.24. The summed E-state index contributed by atoms with van der Waals surface area (Å²) >= 11 is 0. The zero-order chi connectivity index (χ0) is 10.6. The molecule has 0 aliphatic heterocycles. The molecule has 2 N–H and O–H groups in total. The van der Waals surface area contributed by atoms with Crippen LogP contribution >= 0.6 is 0 Å². The smallest absolute Gasteiger partial charge is 0.121 e. The lowest BCUT2D eigenvalue weighted by molar-refractivity contribution is 0.0579. The van der Waals surface area contributed by atoms with Gasteiger partial charge in [-0.3, -0.25) is 0 Å². The highest BCUT2D eigenvalue weighted by molar-refractivity contribution is 5.36. The number of hydrogen-bond acceptors (Lipinski definition) is 2. The summed E-state index contributed by atoms with van der Waals surface area (Å²) in [6, 6.07) is 6.86. The molecule has 0 aromatic heterocycles. The number of phenolic OH excluding ortho intramolecular Hbond substituents is 1. The first kappa shape index (κ1) is 10.8. The first-order valence-corrected chi connectivity index (χ1v) is 4.70. The lowest BCUT2D eigenvalue weighted by Crippen LogP contribution is -2.20. The Morgan fingerprint density at radius 3 is 2.57 bits per heavy atom. The van der Waals surface area contributed by atoms with Crippen LogP contribution in [-0.2, 0) is 5.60 Å². The van der Waals surface area contributed by atoms with Crippen molar-refractivity contribution in [3.63, 3.8) is 0 Å². The second-order valence-electron chi connectivity index (χ2n) is 3.56. The minimum absolute atomic E-state index is 0.141. The third kappa shape index (κ3) is 2.36. The van der Waals surface area contributed by atoms with E-state index >= 15 is 0 Å². The first-order chi connectivity index (χ1) is 6.58. The number of para-hydroxylation sites is 1. The van der Waals surface area contributed by atoms with E-state index in [4.69, 9.17) is 0 Å². The van der Waals surface area contributed by atoms with Crippen molar-refractivity contribution in [3.05, 3.63) is 42.0 Å². The van der Waals surface area contributed by atoms with E-state index in [0.717, 1.165) is 0 Å². The van der Waals surface area contributed by atoms with Crippen molar-refractivity contribution in [2.75, 3.05) is 0 Å². The van der Waals surface area contributed by atoms with Crippen molar-refractivity contribution in [3.8, 4) is 5.75 Å². The van der Waals surface area contributed by atoms with E-state index in [1.807, 2.05) is 19.1 Å². The maximum atomic E-state index is 10.1. The van der Waals surface area contributed by atoms with Crippen molar-refractivity contribution < 1.29 is 10.2 Å². The normalized spacial score (nSPS) is 15.6. The fourth-order valence-electron chi connectivity index (χ4n) is 1.39. The number of allylic oxidation sites excluding steroid dienone is 1. The summed E-state index contributed by atoms with van der Waals surface area (Å²) in [5.41, 5.74) is -0.434. The maximum absolute atomic E-state index is 10.1. The van der Waals surface area contributed by atoms with E-state index in [9.17, 15) is 10.2 Å². The minimum Gasteiger partial charge on any atom is -0.508 e. The molecular weight excluding hydrogens is 176 g/mol. The van der Waals surface area contributed by atoms with Crippen molar-refractivity contribution in [1.29, 1.82) is 0 Å². The summed E-state index contributed by atoms with van der Waals surface area (Å²) in [6.45, 7) is 3.60. The number of rotatable bonds is 3. The summed E-state index contributed by atoms with van der Waals surface area (Å²) in [6.07, 6.45) is 4.27. The summed E-state index contributed by atoms with van der Waals surface area (Å²) < 4.78 is 0. The Balaban J connectivity index is 2.97. The fraction of sp³-hybridized carbons (Fsp3) is 0.333. The SMILES string of the molecule is C/C=C/CC(C)(O)c1ccccc1O. The van der Waals surface area contributed by atoms with Gasteiger partial charge in [0.15, 0.2) is 0 Å². The van der Waals surface area contributed by atoms with Crippen LogP contribution in [-0.4, -0.2) is 10.2 Å². The van der Waals surface area contributed by atoms with Crippen LogP contribution in [0, 0.1) is 0 Å². The molecule has 1 unspecified atom stereocenters. The van der Waals surface area contributed by atoms with Crippen LogP contribution in [0.25, 0.3) is 0 Å². The minimum atomic E-state index is -1.00. The molecule has 1 rings (SSSR count). The molecule has 0 radical (unpaired) electrons. The second-order valence-corrected chi connectivity index (χ2v) is 3.56. The lowest BCUT2D eigenvalue weighted by Gasteiger charge is -2.22. The monoisotopic (exact) mass is 192 g/mol. The van der Waals surface area contributed by atoms with Crippen molar-refractivity contribution in [2.24, 2.45) is 0 Å². The quantitative estimate of drug-likeness (QED) is 0.722. The molecule has 0 amide bonds. The van der Waals surface area contributed by atoms with Gasteiger partial charge in [-0.05, 0) is 26.3 Å². The van der Waals surface area contributed by atoms with Gasteiger partial charge in [0.05, 0.1) is 5.60 Å². The van der Waals surface area contributed by atoms with E-state index in [1.165, 1.54) is 0 Å². The van der Waals surface area contributed by atoms with Crippen LogP contribution in [0.3, 0.4) is 0 Å². The molecule has 0 fully saturated rings. The highest BCUT2D eigenvalue weighted by atomic mass is 16.3. The van der Waals surface area contributed by atoms with E-state index in [-0.39, 0.29) is 5.75 Å². The topological polar surface area (TPSA) is 40.5 Å². The molecule has 0 aliphatic carbocycles. The third-order valence-electron chi connectivity index (χ3n) is 2.24. The lowest BCUT2D eigenvalue weighted by atomic mass is 9.91. The van der Waals surface area contributed by atoms with Gasteiger partial charge in [-0.25, -0.2) is 0 Å². The highest BCUT2D eigenvalue weighted by Crippen LogP contribution is 2.31. The largest absolute Gasteiger partial charge is 0.508 e. The number of phenols is 1. The van der Waals surface area contributed by atoms with Crippen LogP contribution in [0.5, 0.6) is 5.75 Å². The standard InChI is InChI=1S/C12H16O2/c1-3-4-9-12(2,14)10-7-5-6-8-11(10)13/h3-8,13-14H,9H2,1-2H3/b4-3+. The highest BCUT2D eigenvalue weighted by Gasteiger charge is 2.24. The average Bonchev–Trinajstić information content (AvgIpc) is 2.15. The molecular formula is C12H16O2. The molecule has 14 heavy (non-hydrogen) atoms. The van der Waals surface area contributed by atoms with Crippen molar-refractivity contribution >= 4 is 0 Å². The van der Waals surface area contributed by atoms with Gasteiger partial charge in [-0.15, -0.1) is 0 Å². The van der Waals surface area contributed by atoms with Gasteiger partial charge in [-0.1, -0.05) is 30.4 Å². The van der Waals surface area contributed by atoms with Crippen molar-refractivity contribution in [2.45, 2.75) is 25.9 Å². The molecule has 2 nitrogen and oxygen atoms in total. The predicted octanol–water partition coefficient (Wildman–Crippen LogP) is 2.57. The van der Waals surface area contributed by atoms with E-state index in [0.29, 0.717) is 12.0 Å². The molecule has 1 atom stereocenters. The molecule has 0 saturated carbocycles. The summed E-state index contributed by atoms with van der Waals surface area (Å²) in [4.78, 5) is 0. The van der Waals surface area contributed by atoms with Gasteiger partial charge < -0.3 is 10.2 Å². The van der Waals surface area contributed by atoms with Crippen LogP contribution in [0.15, 0.2) is 36.4 Å². The van der Waals surface area contributed by atoms with Crippen LogP contribution in [0.4, 0.5) is 0 Å². The van der Waals surface area contributed by atoms with E-state index in [1.54, 1.807) is 31.2 Å². The van der Waals surface area contributed by atoms with Crippen LogP contribution in [0.2, 0.25) is 0 Å². The Morgan fingerprint density at radius 2 is 2.00 bits per heavy atom. The van der Waals surface area contributed by atoms with Gasteiger partial charge >= 0.3 is 0 Å². The molecule has 0 saturated heterocycles. The molecule has 76 valence electrons. The number of aromatic hydroxyl groups is 1. The summed E-state index contributed by atoms with van der Waals surface area (Å²) in [5.74, 6) is 0.141. The Hall–Kier alpha value is -1.28. The Labute approximate surface area is 84.5 Å². The number of hydrogen-bond donors (Lipinski definition) is 2. The van der Waals surface area contributed by atoms with E-state index in [2.05, 4.69) is 0 Å². The van der Waals surface area contributed by atoms with Gasteiger partial charge in [0.2, 0.25) is 0 Å².